The topological polar surface area (TPSA) is 73.9 Å². The first-order chi connectivity index (χ1) is 14.0. The molecule has 0 saturated heterocycles. The smallest absolute Gasteiger partial charge is 0.331 e. The fourth-order valence-electron chi connectivity index (χ4n) is 2.94. The van der Waals surface area contributed by atoms with Crippen LogP contribution in [0.3, 0.4) is 0 Å². The number of carbonyl (C=O) groups is 2. The van der Waals surface area contributed by atoms with Crippen molar-refractivity contribution in [3.63, 3.8) is 0 Å². The van der Waals surface area contributed by atoms with Crippen molar-refractivity contribution in [3.05, 3.63) is 52.2 Å². The van der Waals surface area contributed by atoms with Crippen LogP contribution in [0.5, 0.6) is 11.5 Å². The van der Waals surface area contributed by atoms with E-state index in [4.69, 9.17) is 14.2 Å². The van der Waals surface area contributed by atoms with Gasteiger partial charge in [0.25, 0.3) is 5.91 Å². The van der Waals surface area contributed by atoms with E-state index in [2.05, 4.69) is 5.32 Å². The highest BCUT2D eigenvalue weighted by atomic mass is 32.1. The standard InChI is InChI=1S/C22H25NO5S/c1-15(2)22(17-5-6-18-19(12-17)27-10-3-9-26-18)23-20(24)13-28-21(25)7-4-16-8-11-29-14-16/h4-8,11-12,14-15,22H,3,9-10,13H2,1-2H3,(H,23,24)/b7-4+/t22-/m0/s1. The number of thiophene rings is 1. The molecule has 2 aromatic rings. The minimum atomic E-state index is -0.553. The van der Waals surface area contributed by atoms with E-state index in [1.54, 1.807) is 17.4 Å². The number of amides is 1. The lowest BCUT2D eigenvalue weighted by molar-refractivity contribution is -0.144. The summed E-state index contributed by atoms with van der Waals surface area (Å²) < 4.78 is 16.5. The maximum atomic E-state index is 12.3. The summed E-state index contributed by atoms with van der Waals surface area (Å²) in [5, 5.41) is 6.78. The molecule has 154 valence electrons. The Morgan fingerprint density at radius 3 is 2.72 bits per heavy atom. The Morgan fingerprint density at radius 2 is 2.00 bits per heavy atom. The van der Waals surface area contributed by atoms with Crippen LogP contribution in [0.15, 0.2) is 41.1 Å². The fraction of sp³-hybridized carbons (Fsp3) is 0.364. The lowest BCUT2D eigenvalue weighted by Crippen LogP contribution is -2.34. The molecule has 29 heavy (non-hydrogen) atoms. The minimum Gasteiger partial charge on any atom is -0.490 e. The maximum Gasteiger partial charge on any atom is 0.331 e. The predicted molar refractivity (Wildman–Crippen MR) is 112 cm³/mol. The van der Waals surface area contributed by atoms with Gasteiger partial charge in [0.1, 0.15) is 0 Å². The molecule has 1 aliphatic rings. The van der Waals surface area contributed by atoms with Crippen molar-refractivity contribution in [2.24, 2.45) is 5.92 Å². The van der Waals surface area contributed by atoms with Gasteiger partial charge in [-0.15, -0.1) is 0 Å². The molecule has 7 heteroatoms. The van der Waals surface area contributed by atoms with Crippen LogP contribution in [0.1, 0.15) is 37.4 Å². The molecule has 0 unspecified atom stereocenters. The monoisotopic (exact) mass is 415 g/mol. The van der Waals surface area contributed by atoms with Crippen molar-refractivity contribution in [1.29, 1.82) is 0 Å². The van der Waals surface area contributed by atoms with Crippen LogP contribution in [0, 0.1) is 5.92 Å². The number of nitrogens with one attached hydrogen (secondary N) is 1. The molecule has 0 bridgehead atoms. The molecule has 1 amide bonds. The number of ether oxygens (including phenoxy) is 3. The second-order valence-corrected chi connectivity index (χ2v) is 7.82. The normalized spacial score (nSPS) is 14.4. The van der Waals surface area contributed by atoms with Crippen LogP contribution in [0.2, 0.25) is 0 Å². The largest absolute Gasteiger partial charge is 0.490 e. The zero-order valence-corrected chi connectivity index (χ0v) is 17.4. The van der Waals surface area contributed by atoms with Gasteiger partial charge in [-0.05, 0) is 52.1 Å². The summed E-state index contributed by atoms with van der Waals surface area (Å²) in [5.41, 5.74) is 1.84. The van der Waals surface area contributed by atoms with E-state index in [0.29, 0.717) is 24.7 Å². The summed E-state index contributed by atoms with van der Waals surface area (Å²) in [6.07, 6.45) is 3.81. The first kappa shape index (κ1) is 20.9. The highest BCUT2D eigenvalue weighted by molar-refractivity contribution is 7.08. The quantitative estimate of drug-likeness (QED) is 0.547. The summed E-state index contributed by atoms with van der Waals surface area (Å²) in [6, 6.07) is 7.35. The van der Waals surface area contributed by atoms with Crippen LogP contribution < -0.4 is 14.8 Å². The van der Waals surface area contributed by atoms with Crippen LogP contribution in [0.4, 0.5) is 0 Å². The van der Waals surface area contributed by atoms with Crippen molar-refractivity contribution < 1.29 is 23.8 Å². The molecule has 0 radical (unpaired) electrons. The fourth-order valence-corrected chi connectivity index (χ4v) is 3.57. The highest BCUT2D eigenvalue weighted by Gasteiger charge is 2.21. The average Bonchev–Trinajstić information content (AvgIpc) is 3.12. The molecule has 0 fully saturated rings. The van der Waals surface area contributed by atoms with Gasteiger partial charge in [0, 0.05) is 12.5 Å². The van der Waals surface area contributed by atoms with Crippen LogP contribution in [0.25, 0.3) is 6.08 Å². The zero-order chi connectivity index (χ0) is 20.6. The molecule has 1 N–H and O–H groups in total. The van der Waals surface area contributed by atoms with Gasteiger partial charge in [0.15, 0.2) is 18.1 Å². The maximum absolute atomic E-state index is 12.3. The number of carbonyl (C=O) groups excluding carboxylic acids is 2. The van der Waals surface area contributed by atoms with E-state index in [-0.39, 0.29) is 24.5 Å². The van der Waals surface area contributed by atoms with Crippen molar-refractivity contribution in [3.8, 4) is 11.5 Å². The molecule has 1 aliphatic heterocycles. The second-order valence-electron chi connectivity index (χ2n) is 7.04. The lowest BCUT2D eigenvalue weighted by Gasteiger charge is -2.23. The molecular formula is C22H25NO5S. The Balaban J connectivity index is 1.58. The van der Waals surface area contributed by atoms with Gasteiger partial charge in [0.2, 0.25) is 0 Å². The highest BCUT2D eigenvalue weighted by Crippen LogP contribution is 2.34. The van der Waals surface area contributed by atoms with E-state index in [1.165, 1.54) is 6.08 Å². The number of benzene rings is 1. The SMILES string of the molecule is CC(C)[C@H](NC(=O)COC(=O)/C=C/c1ccsc1)c1ccc2c(c1)OCCCO2. The van der Waals surface area contributed by atoms with E-state index < -0.39 is 5.97 Å². The molecule has 0 spiro atoms. The summed E-state index contributed by atoms with van der Waals surface area (Å²) in [6.45, 7) is 4.93. The Labute approximate surface area is 174 Å². The third-order valence-electron chi connectivity index (χ3n) is 4.41. The van der Waals surface area contributed by atoms with E-state index >= 15 is 0 Å². The van der Waals surface area contributed by atoms with Crippen molar-refractivity contribution in [2.45, 2.75) is 26.3 Å². The van der Waals surface area contributed by atoms with E-state index in [0.717, 1.165) is 17.5 Å². The van der Waals surface area contributed by atoms with Crippen LogP contribution in [-0.2, 0) is 14.3 Å². The molecular weight excluding hydrogens is 390 g/mol. The molecule has 0 saturated carbocycles. The number of hydrogen-bond acceptors (Lipinski definition) is 6. The summed E-state index contributed by atoms with van der Waals surface area (Å²) >= 11 is 1.54. The van der Waals surface area contributed by atoms with Gasteiger partial charge in [-0.25, -0.2) is 4.79 Å². The Kier molecular flexibility index (Phi) is 7.30. The second kappa shape index (κ2) is 10.1. The lowest BCUT2D eigenvalue weighted by atomic mass is 9.95. The average molecular weight is 416 g/mol. The molecule has 0 aliphatic carbocycles. The van der Waals surface area contributed by atoms with E-state index in [1.807, 2.05) is 48.9 Å². The van der Waals surface area contributed by atoms with Crippen molar-refractivity contribution in [2.75, 3.05) is 19.8 Å². The molecule has 6 nitrogen and oxygen atoms in total. The third-order valence-corrected chi connectivity index (χ3v) is 5.12. The molecule has 1 aromatic heterocycles. The number of hydrogen-bond donors (Lipinski definition) is 1. The Bertz CT molecular complexity index is 860. The molecule has 1 atom stereocenters. The van der Waals surface area contributed by atoms with Crippen molar-refractivity contribution in [1.82, 2.24) is 5.32 Å². The van der Waals surface area contributed by atoms with E-state index in [9.17, 15) is 9.59 Å². The predicted octanol–water partition coefficient (Wildman–Crippen LogP) is 3.98. The van der Waals surface area contributed by atoms with Crippen LogP contribution >= 0.6 is 11.3 Å². The van der Waals surface area contributed by atoms with Gasteiger partial charge in [-0.3, -0.25) is 4.79 Å². The number of esters is 1. The van der Waals surface area contributed by atoms with Gasteiger partial charge in [-0.2, -0.15) is 11.3 Å². The van der Waals surface area contributed by atoms with Gasteiger partial charge >= 0.3 is 5.97 Å². The third kappa shape index (κ3) is 6.09. The Morgan fingerprint density at radius 1 is 1.21 bits per heavy atom. The first-order valence-electron chi connectivity index (χ1n) is 9.59. The summed E-state index contributed by atoms with van der Waals surface area (Å²) in [4.78, 5) is 24.2. The molecule has 1 aromatic carbocycles. The summed E-state index contributed by atoms with van der Waals surface area (Å²) in [7, 11) is 0. The van der Waals surface area contributed by atoms with Crippen molar-refractivity contribution >= 4 is 29.3 Å². The summed E-state index contributed by atoms with van der Waals surface area (Å²) in [5.74, 6) is 0.630. The zero-order valence-electron chi connectivity index (χ0n) is 16.6. The van der Waals surface area contributed by atoms with Gasteiger partial charge < -0.3 is 19.5 Å². The first-order valence-corrected chi connectivity index (χ1v) is 10.5. The van der Waals surface area contributed by atoms with Gasteiger partial charge in [-0.1, -0.05) is 19.9 Å². The minimum absolute atomic E-state index is 0.137. The van der Waals surface area contributed by atoms with Gasteiger partial charge in [0.05, 0.1) is 19.3 Å². The molecule has 3 rings (SSSR count). The molecule has 2 heterocycles. The Hall–Kier alpha value is -2.80. The van der Waals surface area contributed by atoms with Crippen LogP contribution in [-0.4, -0.2) is 31.7 Å². The number of fused-ring (bicyclic) bond motifs is 1. The number of rotatable bonds is 7.